The largest absolute Gasteiger partial charge is 0.469 e. The lowest BCUT2D eigenvalue weighted by molar-refractivity contribution is -0.140. The fraction of sp³-hybridized carbons (Fsp3) is 0.571. The highest BCUT2D eigenvalue weighted by molar-refractivity contribution is 7.91. The van der Waals surface area contributed by atoms with E-state index in [1.54, 1.807) is 12.1 Å². The number of esters is 1. The maximum atomic E-state index is 12.4. The van der Waals surface area contributed by atoms with Crippen molar-refractivity contribution in [3.05, 3.63) is 54.1 Å². The molecule has 0 N–H and O–H groups in total. The average molecular weight is 489 g/mol. The van der Waals surface area contributed by atoms with Gasteiger partial charge in [0, 0.05) is 18.8 Å². The van der Waals surface area contributed by atoms with E-state index in [4.69, 9.17) is 0 Å². The molecule has 0 bridgehead atoms. The fourth-order valence-corrected chi connectivity index (χ4v) is 5.76. The van der Waals surface area contributed by atoms with Gasteiger partial charge in [0.1, 0.15) is 5.78 Å². The number of aryl methyl sites for hydroxylation is 1. The van der Waals surface area contributed by atoms with Gasteiger partial charge in [0.25, 0.3) is 0 Å². The number of hydrogen-bond donors (Lipinski definition) is 0. The second-order valence-electron chi connectivity index (χ2n) is 9.24. The number of unbranched alkanes of at least 4 members (excludes halogenated alkanes) is 4. The molecule has 1 fully saturated rings. The number of methoxy groups -OCH3 is 1. The Hall–Kier alpha value is -2.21. The minimum Gasteiger partial charge on any atom is -0.469 e. The first-order chi connectivity index (χ1) is 16.3. The molecule has 2 atom stereocenters. The normalized spacial score (nSPS) is 18.8. The molecular formula is C28H40O5S. The SMILES string of the molecule is COC(=O)CCC/C=C\C[C@H]1C(=O)CC[C@@H]1C/C=C/CCCCCS(=O)(=O)c1ccc(C)cc1. The van der Waals surface area contributed by atoms with Crippen molar-refractivity contribution in [2.45, 2.75) is 82.4 Å². The maximum absolute atomic E-state index is 12.4. The van der Waals surface area contributed by atoms with Crippen molar-refractivity contribution < 1.29 is 22.7 Å². The van der Waals surface area contributed by atoms with Gasteiger partial charge in [0.05, 0.1) is 17.8 Å². The summed E-state index contributed by atoms with van der Waals surface area (Å²) in [5, 5.41) is 0. The number of carbonyl (C=O) groups is 2. The zero-order valence-corrected chi connectivity index (χ0v) is 21.5. The highest BCUT2D eigenvalue weighted by atomic mass is 32.2. The molecule has 1 saturated carbocycles. The first kappa shape index (κ1) is 28.0. The van der Waals surface area contributed by atoms with Gasteiger partial charge >= 0.3 is 5.97 Å². The Labute approximate surface area is 205 Å². The van der Waals surface area contributed by atoms with Gasteiger partial charge < -0.3 is 4.74 Å². The molecule has 6 heteroatoms. The lowest BCUT2D eigenvalue weighted by Crippen LogP contribution is -2.13. The topological polar surface area (TPSA) is 77.5 Å². The molecule has 0 radical (unpaired) electrons. The maximum Gasteiger partial charge on any atom is 0.305 e. The van der Waals surface area contributed by atoms with Crippen molar-refractivity contribution in [2.75, 3.05) is 12.9 Å². The van der Waals surface area contributed by atoms with Crippen LogP contribution >= 0.6 is 0 Å². The third-order valence-corrected chi connectivity index (χ3v) is 8.37. The highest BCUT2D eigenvalue weighted by Crippen LogP contribution is 2.34. The second-order valence-corrected chi connectivity index (χ2v) is 11.3. The molecule has 0 amide bonds. The zero-order chi connectivity index (χ0) is 24.8. The van der Waals surface area contributed by atoms with E-state index in [0.717, 1.165) is 56.9 Å². The molecule has 5 nitrogen and oxygen atoms in total. The zero-order valence-electron chi connectivity index (χ0n) is 20.7. The minimum absolute atomic E-state index is 0.105. The number of ketones is 1. The van der Waals surface area contributed by atoms with Crippen LogP contribution < -0.4 is 0 Å². The lowest BCUT2D eigenvalue weighted by Gasteiger charge is -2.14. The first-order valence-corrected chi connectivity index (χ1v) is 14.2. The number of Topliss-reactive ketones (excluding diaryl/α,β-unsaturated/α-hetero) is 1. The van der Waals surface area contributed by atoms with E-state index in [-0.39, 0.29) is 17.6 Å². The van der Waals surface area contributed by atoms with E-state index < -0.39 is 9.84 Å². The van der Waals surface area contributed by atoms with Crippen LogP contribution in [-0.2, 0) is 24.2 Å². The summed E-state index contributed by atoms with van der Waals surface area (Å²) in [4.78, 5) is 23.8. The molecule has 1 aliphatic carbocycles. The molecule has 0 aliphatic heterocycles. The van der Waals surface area contributed by atoms with E-state index in [2.05, 4.69) is 29.0 Å². The predicted molar refractivity (Wildman–Crippen MR) is 136 cm³/mol. The van der Waals surface area contributed by atoms with Crippen LogP contribution in [0, 0.1) is 18.8 Å². The Balaban J connectivity index is 1.61. The Bertz CT molecular complexity index is 928. The van der Waals surface area contributed by atoms with E-state index >= 15 is 0 Å². The summed E-state index contributed by atoms with van der Waals surface area (Å²) in [6.45, 7) is 1.95. The van der Waals surface area contributed by atoms with Crippen molar-refractivity contribution in [1.29, 1.82) is 0 Å². The number of sulfone groups is 1. The highest BCUT2D eigenvalue weighted by Gasteiger charge is 2.32. The Morgan fingerprint density at radius 2 is 1.65 bits per heavy atom. The molecule has 0 aromatic heterocycles. The summed E-state index contributed by atoms with van der Waals surface area (Å²) < 4.78 is 29.4. The molecule has 188 valence electrons. The number of benzene rings is 1. The van der Waals surface area contributed by atoms with Gasteiger partial charge in [-0.1, -0.05) is 48.4 Å². The van der Waals surface area contributed by atoms with Gasteiger partial charge in [-0.15, -0.1) is 0 Å². The van der Waals surface area contributed by atoms with E-state index in [9.17, 15) is 18.0 Å². The third kappa shape index (κ3) is 9.96. The molecule has 0 heterocycles. The molecular weight excluding hydrogens is 448 g/mol. The van der Waals surface area contributed by atoms with Gasteiger partial charge in [0.15, 0.2) is 9.84 Å². The molecule has 1 aromatic carbocycles. The van der Waals surface area contributed by atoms with Crippen LogP contribution in [0.5, 0.6) is 0 Å². The Kier molecular flexibility index (Phi) is 12.3. The van der Waals surface area contributed by atoms with E-state index in [1.807, 2.05) is 19.1 Å². The van der Waals surface area contributed by atoms with Crippen molar-refractivity contribution >= 4 is 21.6 Å². The standard InChI is InChI=1S/C28H40O5S/c1-23-16-19-25(20-17-23)34(31,32)22-12-8-4-3-5-9-13-24-18-21-27(29)26(24)14-10-6-7-11-15-28(30)33-2/h5-6,9-10,16-17,19-20,24,26H,3-4,7-8,11-15,18,21-22H2,1-2H3/b9-5+,10-6-/t24-,26+/m0/s1. The van der Waals surface area contributed by atoms with Crippen LogP contribution in [0.4, 0.5) is 0 Å². The smallest absolute Gasteiger partial charge is 0.305 e. The molecule has 2 rings (SSSR count). The van der Waals surface area contributed by atoms with Gasteiger partial charge in [-0.25, -0.2) is 8.42 Å². The number of rotatable bonds is 15. The number of hydrogen-bond acceptors (Lipinski definition) is 5. The molecule has 1 aliphatic rings. The fourth-order valence-electron chi connectivity index (χ4n) is 4.39. The predicted octanol–water partition coefficient (Wildman–Crippen LogP) is 6.16. The van der Waals surface area contributed by atoms with Crippen molar-refractivity contribution in [1.82, 2.24) is 0 Å². The molecule has 0 spiro atoms. The van der Waals surface area contributed by atoms with Gasteiger partial charge in [0.2, 0.25) is 0 Å². The van der Waals surface area contributed by atoms with Crippen LogP contribution in [0.15, 0.2) is 53.5 Å². The number of carbonyl (C=O) groups excluding carboxylic acids is 2. The Morgan fingerprint density at radius 1 is 0.971 bits per heavy atom. The monoisotopic (exact) mass is 488 g/mol. The average Bonchev–Trinajstić information content (AvgIpc) is 3.17. The summed E-state index contributed by atoms with van der Waals surface area (Å²) >= 11 is 0. The van der Waals surface area contributed by atoms with Crippen molar-refractivity contribution in [3.63, 3.8) is 0 Å². The number of allylic oxidation sites excluding steroid dienone is 4. The Morgan fingerprint density at radius 3 is 2.35 bits per heavy atom. The lowest BCUT2D eigenvalue weighted by atomic mass is 9.89. The van der Waals surface area contributed by atoms with Crippen LogP contribution in [0.25, 0.3) is 0 Å². The first-order valence-electron chi connectivity index (χ1n) is 12.5. The van der Waals surface area contributed by atoms with Crippen LogP contribution in [-0.4, -0.2) is 33.0 Å². The summed E-state index contributed by atoms with van der Waals surface area (Å²) in [5.41, 5.74) is 1.06. The van der Waals surface area contributed by atoms with E-state index in [1.165, 1.54) is 7.11 Å². The van der Waals surface area contributed by atoms with Crippen molar-refractivity contribution in [2.24, 2.45) is 11.8 Å². The quantitative estimate of drug-likeness (QED) is 0.168. The van der Waals surface area contributed by atoms with Crippen LogP contribution in [0.2, 0.25) is 0 Å². The summed E-state index contributed by atoms with van der Waals surface area (Å²) in [7, 11) is -1.79. The van der Waals surface area contributed by atoms with Crippen LogP contribution in [0.1, 0.15) is 76.2 Å². The van der Waals surface area contributed by atoms with Crippen molar-refractivity contribution in [3.8, 4) is 0 Å². The summed E-state index contributed by atoms with van der Waals surface area (Å²) in [6, 6.07) is 7.05. The van der Waals surface area contributed by atoms with Crippen LogP contribution in [0.3, 0.4) is 0 Å². The van der Waals surface area contributed by atoms with Gasteiger partial charge in [-0.3, -0.25) is 9.59 Å². The molecule has 1 aromatic rings. The molecule has 34 heavy (non-hydrogen) atoms. The number of ether oxygens (including phenoxy) is 1. The van der Waals surface area contributed by atoms with Gasteiger partial charge in [-0.2, -0.15) is 0 Å². The third-order valence-electron chi connectivity index (χ3n) is 6.55. The summed E-state index contributed by atoms with van der Waals surface area (Å²) in [6.07, 6.45) is 17.4. The van der Waals surface area contributed by atoms with E-state index in [0.29, 0.717) is 35.9 Å². The minimum atomic E-state index is -3.19. The summed E-state index contributed by atoms with van der Waals surface area (Å²) in [5.74, 6) is 0.893. The van der Waals surface area contributed by atoms with Gasteiger partial charge in [-0.05, 0) is 76.3 Å². The molecule has 0 saturated heterocycles. The second kappa shape index (κ2) is 14.9. The molecule has 0 unspecified atom stereocenters.